The summed E-state index contributed by atoms with van der Waals surface area (Å²) < 4.78 is 10.5. The first-order valence-corrected chi connectivity index (χ1v) is 6.12. The average molecular weight is 252 g/mol. The fourth-order valence-electron chi connectivity index (χ4n) is 1.17. The molecule has 1 heterocycles. The second-order valence-electron chi connectivity index (χ2n) is 4.29. The van der Waals surface area contributed by atoms with Gasteiger partial charge in [0, 0.05) is 0 Å². The van der Waals surface area contributed by atoms with Crippen molar-refractivity contribution in [3.63, 3.8) is 0 Å². The molecule has 1 amide bonds. The van der Waals surface area contributed by atoms with Gasteiger partial charge in [0.1, 0.15) is 0 Å². The minimum atomic E-state index is -0.359. The molecule has 1 rings (SSSR count). The molecule has 0 fully saturated rings. The Kier molecular flexibility index (Phi) is 5.42. The molecule has 1 atom stereocenters. The fourth-order valence-corrected chi connectivity index (χ4v) is 1.17. The molecule has 0 spiro atoms. The van der Waals surface area contributed by atoms with Gasteiger partial charge in [-0.05, 0) is 39.3 Å². The van der Waals surface area contributed by atoms with E-state index in [-0.39, 0.29) is 29.8 Å². The number of rotatable bonds is 4. The maximum atomic E-state index is 11.8. The molecule has 0 aliphatic carbocycles. The van der Waals surface area contributed by atoms with E-state index >= 15 is 0 Å². The zero-order valence-corrected chi connectivity index (χ0v) is 11.3. The zero-order chi connectivity index (χ0) is 13.5. The number of carbonyl (C=O) groups is 1. The van der Waals surface area contributed by atoms with Crippen LogP contribution in [-0.4, -0.2) is 24.1 Å². The Bertz CT molecular complexity index is 396. The van der Waals surface area contributed by atoms with Crippen LogP contribution in [-0.2, 0) is 4.74 Å². The fraction of sp³-hybridized carbons (Fsp3) is 0.538. The summed E-state index contributed by atoms with van der Waals surface area (Å²) in [7, 11) is 0. The Hall–Kier alpha value is -1.78. The third kappa shape index (κ3) is 4.61. The Balaban J connectivity index is 2.72. The van der Waals surface area contributed by atoms with Crippen LogP contribution in [0.1, 0.15) is 44.7 Å². The summed E-state index contributed by atoms with van der Waals surface area (Å²) in [5.74, 6) is -0.123. The first-order valence-electron chi connectivity index (χ1n) is 6.12. The van der Waals surface area contributed by atoms with Crippen molar-refractivity contribution < 1.29 is 13.9 Å². The van der Waals surface area contributed by atoms with Crippen molar-refractivity contribution in [2.75, 3.05) is 0 Å². The predicted octanol–water partition coefficient (Wildman–Crippen LogP) is 2.59. The summed E-state index contributed by atoms with van der Waals surface area (Å²) in [5, 5.41) is 2.61. The van der Waals surface area contributed by atoms with Gasteiger partial charge in [-0.2, -0.15) is 0 Å². The molecule has 0 saturated carbocycles. The largest absolute Gasteiger partial charge is 0.462 e. The van der Waals surface area contributed by atoms with E-state index in [4.69, 9.17) is 9.15 Å². The first-order chi connectivity index (χ1) is 8.52. The van der Waals surface area contributed by atoms with Gasteiger partial charge in [-0.1, -0.05) is 6.92 Å². The van der Waals surface area contributed by atoms with Gasteiger partial charge in [0.15, 0.2) is 5.76 Å². The van der Waals surface area contributed by atoms with Crippen molar-refractivity contribution in [1.82, 2.24) is 5.32 Å². The van der Waals surface area contributed by atoms with Gasteiger partial charge in [-0.15, -0.1) is 0 Å². The van der Waals surface area contributed by atoms with Crippen molar-refractivity contribution >= 4 is 11.9 Å². The van der Waals surface area contributed by atoms with E-state index in [0.717, 1.165) is 6.42 Å². The lowest BCUT2D eigenvalue weighted by atomic mass is 10.3. The number of hydrogen-bond donors (Lipinski definition) is 1. The number of carbonyl (C=O) groups excluding carboxylic acids is 1. The summed E-state index contributed by atoms with van der Waals surface area (Å²) >= 11 is 0. The van der Waals surface area contributed by atoms with Gasteiger partial charge >= 0.3 is 0 Å². The second-order valence-corrected chi connectivity index (χ2v) is 4.29. The van der Waals surface area contributed by atoms with Crippen LogP contribution in [0, 0.1) is 0 Å². The normalized spacial score (nSPS) is 13.5. The minimum Gasteiger partial charge on any atom is -0.462 e. The van der Waals surface area contributed by atoms with Crippen LogP contribution in [0.15, 0.2) is 27.8 Å². The van der Waals surface area contributed by atoms with Crippen LogP contribution in [0.3, 0.4) is 0 Å². The third-order valence-electron chi connectivity index (χ3n) is 2.24. The Morgan fingerprint density at radius 1 is 1.50 bits per heavy atom. The van der Waals surface area contributed by atoms with Crippen LogP contribution in [0.4, 0.5) is 0 Å². The molecular formula is C13H20N2O3. The highest BCUT2D eigenvalue weighted by Gasteiger charge is 2.14. The van der Waals surface area contributed by atoms with Crippen molar-refractivity contribution in [3.8, 4) is 0 Å². The number of furan rings is 1. The van der Waals surface area contributed by atoms with Crippen molar-refractivity contribution in [1.29, 1.82) is 0 Å². The summed E-state index contributed by atoms with van der Waals surface area (Å²) in [5.41, 5.74) is 0. The Labute approximate surface area is 107 Å². The van der Waals surface area contributed by atoms with E-state index in [1.165, 1.54) is 6.26 Å². The highest BCUT2D eigenvalue weighted by atomic mass is 16.5. The summed E-state index contributed by atoms with van der Waals surface area (Å²) in [6, 6.07) is 3.58. The molecule has 0 aliphatic heterocycles. The van der Waals surface area contributed by atoms with Gasteiger partial charge in [-0.25, -0.2) is 4.99 Å². The molecule has 0 bridgehead atoms. The van der Waals surface area contributed by atoms with E-state index in [2.05, 4.69) is 10.3 Å². The van der Waals surface area contributed by atoms with Crippen molar-refractivity contribution in [3.05, 3.63) is 24.2 Å². The molecule has 5 heteroatoms. The lowest BCUT2D eigenvalue weighted by molar-refractivity contribution is 0.0932. The minimum absolute atomic E-state index is 0.0512. The molecule has 0 saturated heterocycles. The zero-order valence-electron chi connectivity index (χ0n) is 11.3. The van der Waals surface area contributed by atoms with E-state index in [1.807, 2.05) is 27.7 Å². The number of nitrogens with one attached hydrogen (secondary N) is 1. The lowest BCUT2D eigenvalue weighted by Gasteiger charge is -2.14. The SMILES string of the molecule is CC[C@H](C)N=C(NC(=O)c1ccco1)OC(C)C. The van der Waals surface area contributed by atoms with E-state index in [0.29, 0.717) is 0 Å². The average Bonchev–Trinajstić information content (AvgIpc) is 2.81. The van der Waals surface area contributed by atoms with Gasteiger partial charge in [-0.3, -0.25) is 10.1 Å². The standard InChI is InChI=1S/C13H20N2O3/c1-5-10(4)14-13(18-9(2)3)15-12(16)11-7-6-8-17-11/h6-10H,5H2,1-4H3,(H,14,15,16)/t10-/m0/s1. The van der Waals surface area contributed by atoms with E-state index in [1.54, 1.807) is 12.1 Å². The molecule has 1 N–H and O–H groups in total. The first kappa shape index (κ1) is 14.3. The smallest absolute Gasteiger partial charge is 0.294 e. The third-order valence-corrected chi connectivity index (χ3v) is 2.24. The number of aliphatic imine (C=N–C) groups is 1. The summed E-state index contributed by atoms with van der Waals surface area (Å²) in [4.78, 5) is 16.1. The van der Waals surface area contributed by atoms with Gasteiger partial charge < -0.3 is 9.15 Å². The maximum Gasteiger partial charge on any atom is 0.294 e. The molecule has 0 radical (unpaired) electrons. The topological polar surface area (TPSA) is 63.8 Å². The van der Waals surface area contributed by atoms with Crippen LogP contribution >= 0.6 is 0 Å². The Morgan fingerprint density at radius 2 is 2.22 bits per heavy atom. The van der Waals surface area contributed by atoms with Crippen molar-refractivity contribution in [2.45, 2.75) is 46.3 Å². The van der Waals surface area contributed by atoms with E-state index in [9.17, 15) is 4.79 Å². The molecule has 1 aromatic rings. The Morgan fingerprint density at radius 3 is 2.72 bits per heavy atom. The predicted molar refractivity (Wildman–Crippen MR) is 69.6 cm³/mol. The van der Waals surface area contributed by atoms with Crippen LogP contribution in [0.2, 0.25) is 0 Å². The van der Waals surface area contributed by atoms with Crippen LogP contribution in [0.25, 0.3) is 0 Å². The number of amides is 1. The number of amidine groups is 1. The number of ether oxygens (including phenoxy) is 1. The summed E-state index contributed by atoms with van der Waals surface area (Å²) in [6.07, 6.45) is 2.27. The highest BCUT2D eigenvalue weighted by molar-refractivity contribution is 6.02. The highest BCUT2D eigenvalue weighted by Crippen LogP contribution is 2.02. The van der Waals surface area contributed by atoms with Gasteiger partial charge in [0.05, 0.1) is 18.4 Å². The van der Waals surface area contributed by atoms with Crippen LogP contribution < -0.4 is 5.32 Å². The number of nitrogens with zero attached hydrogens (tertiary/aromatic N) is 1. The maximum absolute atomic E-state index is 11.8. The monoisotopic (exact) mass is 252 g/mol. The summed E-state index contributed by atoms with van der Waals surface area (Å²) in [6.45, 7) is 7.74. The van der Waals surface area contributed by atoms with Crippen molar-refractivity contribution in [2.24, 2.45) is 4.99 Å². The molecule has 0 unspecified atom stereocenters. The van der Waals surface area contributed by atoms with E-state index < -0.39 is 0 Å². The lowest BCUT2D eigenvalue weighted by Crippen LogP contribution is -2.34. The molecule has 0 aromatic carbocycles. The quantitative estimate of drug-likeness (QED) is 0.661. The molecule has 100 valence electrons. The molecule has 1 aromatic heterocycles. The van der Waals surface area contributed by atoms with Gasteiger partial charge in [0.2, 0.25) is 0 Å². The molecule has 0 aliphatic rings. The van der Waals surface area contributed by atoms with Gasteiger partial charge in [0.25, 0.3) is 11.9 Å². The number of hydrogen-bond acceptors (Lipinski definition) is 4. The second kappa shape index (κ2) is 6.83. The molecule has 18 heavy (non-hydrogen) atoms. The molecule has 5 nitrogen and oxygen atoms in total. The molecular weight excluding hydrogens is 232 g/mol. The van der Waals surface area contributed by atoms with Crippen LogP contribution in [0.5, 0.6) is 0 Å².